The molecule has 1 saturated carbocycles. The second-order valence-electron chi connectivity index (χ2n) is 5.56. The maximum atomic E-state index is 5.75. The van der Waals surface area contributed by atoms with Crippen molar-refractivity contribution >= 4 is 0 Å². The van der Waals surface area contributed by atoms with Crippen LogP contribution in [-0.2, 0) is 0 Å². The Balaban J connectivity index is 1.93. The van der Waals surface area contributed by atoms with Crippen LogP contribution in [0.5, 0.6) is 5.75 Å². The van der Waals surface area contributed by atoms with E-state index in [0.29, 0.717) is 24.3 Å². The number of aromatic nitrogens is 2. The lowest BCUT2D eigenvalue weighted by molar-refractivity contribution is 0.335. The first-order valence-corrected chi connectivity index (χ1v) is 7.29. The SMILES string of the molecule is CCOc1cc(-c2nnc(C3CC3)o2)ccc1C(C)C. The minimum Gasteiger partial charge on any atom is -0.494 e. The molecule has 1 aliphatic carbocycles. The molecule has 1 aromatic heterocycles. The van der Waals surface area contributed by atoms with Gasteiger partial charge >= 0.3 is 0 Å². The van der Waals surface area contributed by atoms with Crippen molar-refractivity contribution < 1.29 is 9.15 Å². The molecule has 0 unspecified atom stereocenters. The molecule has 0 amide bonds. The van der Waals surface area contributed by atoms with Crippen LogP contribution in [0, 0.1) is 0 Å². The molecule has 1 heterocycles. The number of rotatable bonds is 5. The molecule has 20 heavy (non-hydrogen) atoms. The van der Waals surface area contributed by atoms with Gasteiger partial charge in [-0.05, 0) is 43.4 Å². The highest BCUT2D eigenvalue weighted by molar-refractivity contribution is 5.58. The van der Waals surface area contributed by atoms with Crippen molar-refractivity contribution in [3.05, 3.63) is 29.7 Å². The van der Waals surface area contributed by atoms with E-state index in [-0.39, 0.29) is 0 Å². The quantitative estimate of drug-likeness (QED) is 0.821. The summed E-state index contributed by atoms with van der Waals surface area (Å²) in [6.45, 7) is 6.97. The highest BCUT2D eigenvalue weighted by atomic mass is 16.5. The largest absolute Gasteiger partial charge is 0.494 e. The number of benzene rings is 1. The lowest BCUT2D eigenvalue weighted by Crippen LogP contribution is -1.98. The molecule has 0 N–H and O–H groups in total. The molecular weight excluding hydrogens is 252 g/mol. The molecule has 0 aliphatic heterocycles. The molecule has 0 radical (unpaired) electrons. The van der Waals surface area contributed by atoms with Crippen molar-refractivity contribution in [2.24, 2.45) is 0 Å². The zero-order chi connectivity index (χ0) is 14.1. The summed E-state index contributed by atoms with van der Waals surface area (Å²) in [6, 6.07) is 6.12. The predicted molar refractivity (Wildman–Crippen MR) is 77.0 cm³/mol. The highest BCUT2D eigenvalue weighted by Gasteiger charge is 2.29. The van der Waals surface area contributed by atoms with E-state index in [1.165, 1.54) is 5.56 Å². The van der Waals surface area contributed by atoms with Crippen LogP contribution in [0.15, 0.2) is 22.6 Å². The normalized spacial score (nSPS) is 14.8. The smallest absolute Gasteiger partial charge is 0.247 e. The van der Waals surface area contributed by atoms with Gasteiger partial charge in [0.05, 0.1) is 6.61 Å². The lowest BCUT2D eigenvalue weighted by Gasteiger charge is -2.13. The molecule has 1 aliphatic rings. The Morgan fingerprint density at radius 1 is 1.30 bits per heavy atom. The molecule has 106 valence electrons. The van der Waals surface area contributed by atoms with Gasteiger partial charge in [0, 0.05) is 11.5 Å². The fourth-order valence-corrected chi connectivity index (χ4v) is 2.27. The summed E-state index contributed by atoms with van der Waals surface area (Å²) in [7, 11) is 0. The van der Waals surface area contributed by atoms with Crippen LogP contribution in [0.3, 0.4) is 0 Å². The Labute approximate surface area is 119 Å². The minimum absolute atomic E-state index is 0.426. The number of hydrogen-bond donors (Lipinski definition) is 0. The Hall–Kier alpha value is -1.84. The molecule has 0 atom stereocenters. The summed E-state index contributed by atoms with van der Waals surface area (Å²) < 4.78 is 11.5. The van der Waals surface area contributed by atoms with Gasteiger partial charge in [0.25, 0.3) is 0 Å². The maximum absolute atomic E-state index is 5.75. The van der Waals surface area contributed by atoms with E-state index in [1.54, 1.807) is 0 Å². The maximum Gasteiger partial charge on any atom is 0.247 e. The standard InChI is InChI=1S/C16H20N2O2/c1-4-19-14-9-12(7-8-13(14)10(2)3)16-18-17-15(20-16)11-5-6-11/h7-11H,4-6H2,1-3H3. The molecular formula is C16H20N2O2. The van der Waals surface area contributed by atoms with Crippen LogP contribution >= 0.6 is 0 Å². The molecule has 3 rings (SSSR count). The van der Waals surface area contributed by atoms with E-state index in [2.05, 4.69) is 30.1 Å². The summed E-state index contributed by atoms with van der Waals surface area (Å²) in [4.78, 5) is 0. The van der Waals surface area contributed by atoms with Crippen molar-refractivity contribution in [1.82, 2.24) is 10.2 Å². The third-order valence-corrected chi connectivity index (χ3v) is 3.55. The fraction of sp³-hybridized carbons (Fsp3) is 0.500. The monoisotopic (exact) mass is 272 g/mol. The topological polar surface area (TPSA) is 48.2 Å². The molecule has 1 aromatic carbocycles. The molecule has 1 fully saturated rings. The Kier molecular flexibility index (Phi) is 3.47. The number of nitrogens with zero attached hydrogens (tertiary/aromatic N) is 2. The van der Waals surface area contributed by atoms with E-state index in [0.717, 1.165) is 30.0 Å². The first-order valence-electron chi connectivity index (χ1n) is 7.29. The Morgan fingerprint density at radius 2 is 2.10 bits per heavy atom. The summed E-state index contributed by atoms with van der Waals surface area (Å²) >= 11 is 0. The summed E-state index contributed by atoms with van der Waals surface area (Å²) in [5, 5.41) is 8.28. The highest BCUT2D eigenvalue weighted by Crippen LogP contribution is 2.40. The van der Waals surface area contributed by atoms with Gasteiger partial charge in [-0.3, -0.25) is 0 Å². The zero-order valence-electron chi connectivity index (χ0n) is 12.2. The van der Waals surface area contributed by atoms with Gasteiger partial charge in [0.2, 0.25) is 11.8 Å². The minimum atomic E-state index is 0.426. The Morgan fingerprint density at radius 3 is 2.75 bits per heavy atom. The Bertz CT molecular complexity index is 600. The van der Waals surface area contributed by atoms with Gasteiger partial charge in [-0.15, -0.1) is 10.2 Å². The zero-order valence-corrected chi connectivity index (χ0v) is 12.2. The third-order valence-electron chi connectivity index (χ3n) is 3.55. The van der Waals surface area contributed by atoms with E-state index in [9.17, 15) is 0 Å². The molecule has 2 aromatic rings. The predicted octanol–water partition coefficient (Wildman–Crippen LogP) is 4.14. The first kappa shape index (κ1) is 13.2. The molecule has 4 nitrogen and oxygen atoms in total. The van der Waals surface area contributed by atoms with E-state index < -0.39 is 0 Å². The van der Waals surface area contributed by atoms with Gasteiger partial charge in [-0.1, -0.05) is 19.9 Å². The van der Waals surface area contributed by atoms with Crippen molar-refractivity contribution in [3.63, 3.8) is 0 Å². The van der Waals surface area contributed by atoms with Crippen LogP contribution in [0.2, 0.25) is 0 Å². The van der Waals surface area contributed by atoms with Gasteiger partial charge in [-0.2, -0.15) is 0 Å². The summed E-state index contributed by atoms with van der Waals surface area (Å²) in [6.07, 6.45) is 2.33. The number of ether oxygens (including phenoxy) is 1. The van der Waals surface area contributed by atoms with Crippen molar-refractivity contribution in [2.75, 3.05) is 6.61 Å². The van der Waals surface area contributed by atoms with Gasteiger partial charge in [0.15, 0.2) is 0 Å². The van der Waals surface area contributed by atoms with Gasteiger partial charge < -0.3 is 9.15 Å². The average Bonchev–Trinajstić information content (AvgIpc) is 3.16. The van der Waals surface area contributed by atoms with E-state index in [4.69, 9.17) is 9.15 Å². The third kappa shape index (κ3) is 2.55. The van der Waals surface area contributed by atoms with Crippen molar-refractivity contribution in [1.29, 1.82) is 0 Å². The van der Waals surface area contributed by atoms with Crippen LogP contribution in [0.1, 0.15) is 56.9 Å². The van der Waals surface area contributed by atoms with Gasteiger partial charge in [-0.25, -0.2) is 0 Å². The molecule has 0 bridgehead atoms. The molecule has 4 heteroatoms. The second kappa shape index (κ2) is 5.27. The van der Waals surface area contributed by atoms with E-state index in [1.807, 2.05) is 19.1 Å². The van der Waals surface area contributed by atoms with Crippen molar-refractivity contribution in [2.45, 2.75) is 45.4 Å². The van der Waals surface area contributed by atoms with E-state index >= 15 is 0 Å². The van der Waals surface area contributed by atoms with Crippen LogP contribution < -0.4 is 4.74 Å². The molecule has 0 saturated heterocycles. The first-order chi connectivity index (χ1) is 9.69. The van der Waals surface area contributed by atoms with Crippen LogP contribution in [-0.4, -0.2) is 16.8 Å². The lowest BCUT2D eigenvalue weighted by atomic mass is 10.0. The number of hydrogen-bond acceptors (Lipinski definition) is 4. The molecule has 0 spiro atoms. The average molecular weight is 272 g/mol. The fourth-order valence-electron chi connectivity index (χ4n) is 2.27. The van der Waals surface area contributed by atoms with Crippen LogP contribution in [0.25, 0.3) is 11.5 Å². The second-order valence-corrected chi connectivity index (χ2v) is 5.56. The van der Waals surface area contributed by atoms with Gasteiger partial charge in [0.1, 0.15) is 5.75 Å². The summed E-state index contributed by atoms with van der Waals surface area (Å²) in [5.41, 5.74) is 2.13. The van der Waals surface area contributed by atoms with Crippen molar-refractivity contribution in [3.8, 4) is 17.2 Å². The van der Waals surface area contributed by atoms with Crippen LogP contribution in [0.4, 0.5) is 0 Å². The summed E-state index contributed by atoms with van der Waals surface area (Å²) in [5.74, 6) is 3.17.